The predicted molar refractivity (Wildman–Crippen MR) is 127 cm³/mol. The van der Waals surface area contributed by atoms with Gasteiger partial charge in [-0.05, 0) is 13.0 Å². The highest BCUT2D eigenvalue weighted by atomic mass is 32.2. The van der Waals surface area contributed by atoms with Crippen molar-refractivity contribution in [1.82, 2.24) is 23.7 Å². The third kappa shape index (κ3) is 5.99. The van der Waals surface area contributed by atoms with Gasteiger partial charge in [-0.1, -0.05) is 18.8 Å². The Labute approximate surface area is 205 Å². The molecule has 190 valence electrons. The summed E-state index contributed by atoms with van der Waals surface area (Å²) in [6.45, 7) is 3.87. The molecular formula is C23H31N5O6S. The Bertz CT molecular complexity index is 1220. The van der Waals surface area contributed by atoms with Crippen LogP contribution in [-0.4, -0.2) is 95.8 Å². The van der Waals surface area contributed by atoms with Crippen LogP contribution in [0.3, 0.4) is 0 Å². The molecule has 0 aliphatic carbocycles. The molecule has 2 aromatic rings. The second-order valence-corrected chi connectivity index (χ2v) is 10.6. The van der Waals surface area contributed by atoms with Crippen LogP contribution in [0.25, 0.3) is 0 Å². The van der Waals surface area contributed by atoms with Crippen molar-refractivity contribution < 1.29 is 27.8 Å². The zero-order valence-corrected chi connectivity index (χ0v) is 21.3. The number of methoxy groups -OCH3 is 1. The number of rotatable bonds is 7. The summed E-state index contributed by atoms with van der Waals surface area (Å²) in [6.07, 6.45) is 3.71. The summed E-state index contributed by atoms with van der Waals surface area (Å²) < 4.78 is 39.9. The number of hydrogen-bond donors (Lipinski definition) is 1. The number of imidazole rings is 1. The maximum Gasteiger partial charge on any atom is 0.261 e. The molecule has 1 aliphatic rings. The molecule has 2 aromatic heterocycles. The van der Waals surface area contributed by atoms with Crippen LogP contribution in [0, 0.1) is 17.8 Å². The van der Waals surface area contributed by atoms with E-state index in [9.17, 15) is 18.3 Å². The Balaban J connectivity index is 1.97. The molecule has 12 heteroatoms. The van der Waals surface area contributed by atoms with Gasteiger partial charge < -0.3 is 24.0 Å². The van der Waals surface area contributed by atoms with Gasteiger partial charge in [0.15, 0.2) is 5.03 Å². The minimum atomic E-state index is -3.85. The van der Waals surface area contributed by atoms with Crippen LogP contribution in [-0.2, 0) is 21.8 Å². The van der Waals surface area contributed by atoms with Gasteiger partial charge in [-0.2, -0.15) is 4.31 Å². The molecular weight excluding hydrogens is 474 g/mol. The van der Waals surface area contributed by atoms with Crippen LogP contribution in [0.2, 0.25) is 0 Å². The molecule has 11 nitrogen and oxygen atoms in total. The van der Waals surface area contributed by atoms with Crippen molar-refractivity contribution in [2.45, 2.75) is 31.0 Å². The van der Waals surface area contributed by atoms with E-state index in [1.165, 1.54) is 37.2 Å². The number of hydrogen-bond acceptors (Lipinski definition) is 8. The largest absolute Gasteiger partial charge is 0.472 e. The Morgan fingerprint density at radius 2 is 2.14 bits per heavy atom. The Morgan fingerprint density at radius 1 is 1.40 bits per heavy atom. The SMILES string of the molecule is COCC#Cc1cnc2c(c1)C(=O)N([C@H](C)CO)C[C@H](C)[C@@H](CN(C)S(=O)(=O)c1cn(C)cn1)O2. The predicted octanol–water partition coefficient (Wildman–Crippen LogP) is 0.354. The summed E-state index contributed by atoms with van der Waals surface area (Å²) in [5.41, 5.74) is 0.705. The van der Waals surface area contributed by atoms with Gasteiger partial charge in [0.1, 0.15) is 18.3 Å². The van der Waals surface area contributed by atoms with E-state index < -0.39 is 22.2 Å². The zero-order valence-electron chi connectivity index (χ0n) is 20.5. The molecule has 3 atom stereocenters. The van der Waals surface area contributed by atoms with Gasteiger partial charge in [-0.15, -0.1) is 0 Å². The van der Waals surface area contributed by atoms with Gasteiger partial charge in [-0.3, -0.25) is 4.79 Å². The van der Waals surface area contributed by atoms with Crippen LogP contribution < -0.4 is 4.74 Å². The van der Waals surface area contributed by atoms with Crippen LogP contribution in [0.1, 0.15) is 29.8 Å². The first kappa shape index (κ1) is 26.6. The van der Waals surface area contributed by atoms with E-state index in [0.29, 0.717) is 5.56 Å². The minimum absolute atomic E-state index is 0.00608. The molecule has 0 spiro atoms. The summed E-state index contributed by atoms with van der Waals surface area (Å²) in [6, 6.07) is 1.13. The van der Waals surface area contributed by atoms with Gasteiger partial charge in [0.25, 0.3) is 15.9 Å². The highest BCUT2D eigenvalue weighted by molar-refractivity contribution is 7.89. The van der Waals surface area contributed by atoms with Gasteiger partial charge in [0.2, 0.25) is 5.88 Å². The Kier molecular flexibility index (Phi) is 8.50. The molecule has 0 saturated carbocycles. The van der Waals surface area contributed by atoms with Crippen molar-refractivity contribution in [2.75, 3.05) is 40.5 Å². The number of pyridine rings is 1. The molecule has 0 radical (unpaired) electrons. The van der Waals surface area contributed by atoms with Gasteiger partial charge in [0, 0.05) is 51.6 Å². The number of carbonyl (C=O) groups excluding carboxylic acids is 1. The van der Waals surface area contributed by atoms with Crippen molar-refractivity contribution >= 4 is 15.9 Å². The van der Waals surface area contributed by atoms with Crippen molar-refractivity contribution in [1.29, 1.82) is 0 Å². The number of carbonyl (C=O) groups is 1. The molecule has 0 bridgehead atoms. The topological polar surface area (TPSA) is 127 Å². The number of amides is 1. The minimum Gasteiger partial charge on any atom is -0.472 e. The number of aromatic nitrogens is 3. The molecule has 1 N–H and O–H groups in total. The van der Waals surface area contributed by atoms with Crippen LogP contribution in [0.15, 0.2) is 29.8 Å². The number of sulfonamides is 1. The molecule has 3 rings (SSSR count). The number of ether oxygens (including phenoxy) is 2. The number of aliphatic hydroxyl groups excluding tert-OH is 1. The first-order valence-electron chi connectivity index (χ1n) is 11.1. The van der Waals surface area contributed by atoms with E-state index >= 15 is 0 Å². The second-order valence-electron chi connectivity index (χ2n) is 8.60. The molecule has 0 fully saturated rings. The first-order valence-corrected chi connectivity index (χ1v) is 12.5. The maximum absolute atomic E-state index is 13.4. The third-order valence-corrected chi connectivity index (χ3v) is 7.47. The second kappa shape index (κ2) is 11.2. The van der Waals surface area contributed by atoms with Gasteiger partial charge in [0.05, 0.1) is 25.5 Å². The van der Waals surface area contributed by atoms with Crippen LogP contribution in [0.4, 0.5) is 0 Å². The molecule has 0 saturated heterocycles. The quantitative estimate of drug-likeness (QED) is 0.534. The fourth-order valence-electron chi connectivity index (χ4n) is 3.63. The lowest BCUT2D eigenvalue weighted by molar-refractivity contribution is 0.0373. The van der Waals surface area contributed by atoms with Crippen molar-refractivity contribution in [3.05, 3.63) is 35.9 Å². The van der Waals surface area contributed by atoms with Crippen molar-refractivity contribution in [2.24, 2.45) is 13.0 Å². The van der Waals surface area contributed by atoms with E-state index in [0.717, 1.165) is 0 Å². The molecule has 1 aliphatic heterocycles. The number of fused-ring (bicyclic) bond motifs is 1. The summed E-state index contributed by atoms with van der Waals surface area (Å²) in [5.74, 6) is 5.19. The molecule has 3 heterocycles. The summed E-state index contributed by atoms with van der Waals surface area (Å²) >= 11 is 0. The van der Waals surface area contributed by atoms with E-state index in [-0.39, 0.29) is 54.6 Å². The number of nitrogens with zero attached hydrogens (tertiary/aromatic N) is 5. The van der Waals surface area contributed by atoms with E-state index in [4.69, 9.17) is 9.47 Å². The van der Waals surface area contributed by atoms with Gasteiger partial charge in [-0.25, -0.2) is 18.4 Å². The smallest absolute Gasteiger partial charge is 0.261 e. The lowest BCUT2D eigenvalue weighted by atomic mass is 10.0. The summed E-state index contributed by atoms with van der Waals surface area (Å²) in [5, 5.41) is 9.71. The maximum atomic E-state index is 13.4. The highest BCUT2D eigenvalue weighted by Gasteiger charge is 2.36. The lowest BCUT2D eigenvalue weighted by Gasteiger charge is -2.37. The monoisotopic (exact) mass is 505 g/mol. The number of likely N-dealkylation sites (N-methyl/N-ethyl adjacent to an activating group) is 1. The van der Waals surface area contributed by atoms with Crippen LogP contribution >= 0.6 is 0 Å². The summed E-state index contributed by atoms with van der Waals surface area (Å²) in [7, 11) is 0.829. The summed E-state index contributed by atoms with van der Waals surface area (Å²) in [4.78, 5) is 23.2. The molecule has 35 heavy (non-hydrogen) atoms. The third-order valence-electron chi connectivity index (χ3n) is 5.76. The highest BCUT2D eigenvalue weighted by Crippen LogP contribution is 2.28. The lowest BCUT2D eigenvalue weighted by Crippen LogP contribution is -2.50. The average Bonchev–Trinajstić information content (AvgIpc) is 3.28. The standard InChI is InChI=1S/C23H31N5O6S/c1-16-11-28(17(2)14-29)23(30)19-9-18(7-6-8-33-5)10-24-22(19)34-20(16)12-27(4)35(31,32)21-13-26(3)15-25-21/h9-10,13,15-17,20,29H,8,11-12,14H2,1-5H3/t16-,17+,20+/m0/s1. The first-order chi connectivity index (χ1) is 16.6. The molecule has 0 aromatic carbocycles. The molecule has 1 amide bonds. The van der Waals surface area contributed by atoms with E-state index in [1.54, 1.807) is 29.5 Å². The van der Waals surface area contributed by atoms with Crippen molar-refractivity contribution in [3.8, 4) is 17.7 Å². The molecule has 0 unspecified atom stereocenters. The number of aliphatic hydroxyl groups is 1. The normalized spacial score (nSPS) is 19.3. The Morgan fingerprint density at radius 3 is 2.77 bits per heavy atom. The number of aryl methyl sites for hydroxylation is 1. The zero-order chi connectivity index (χ0) is 25.8. The average molecular weight is 506 g/mol. The van der Waals surface area contributed by atoms with Crippen LogP contribution in [0.5, 0.6) is 5.88 Å². The van der Waals surface area contributed by atoms with Gasteiger partial charge >= 0.3 is 0 Å². The van der Waals surface area contributed by atoms with E-state index in [1.807, 2.05) is 6.92 Å². The fourth-order valence-corrected chi connectivity index (χ4v) is 4.77. The van der Waals surface area contributed by atoms with Crippen molar-refractivity contribution in [3.63, 3.8) is 0 Å². The van der Waals surface area contributed by atoms with E-state index in [2.05, 4.69) is 21.8 Å². The fraction of sp³-hybridized carbons (Fsp3) is 0.522. The Hall–Kier alpha value is -2.98.